The molecule has 0 fully saturated rings. The van der Waals surface area contributed by atoms with Crippen LogP contribution in [0.3, 0.4) is 0 Å². The summed E-state index contributed by atoms with van der Waals surface area (Å²) >= 11 is 0. The van der Waals surface area contributed by atoms with Gasteiger partial charge >= 0.3 is 0 Å². The zero-order chi connectivity index (χ0) is 15.7. The summed E-state index contributed by atoms with van der Waals surface area (Å²) in [6.07, 6.45) is 1.88. The number of para-hydroxylation sites is 1. The molecule has 1 amide bonds. The Bertz CT molecular complexity index is 765. The van der Waals surface area contributed by atoms with Gasteiger partial charge in [-0.2, -0.15) is 0 Å². The largest absolute Gasteiger partial charge is 0.493 e. The summed E-state index contributed by atoms with van der Waals surface area (Å²) in [5.74, 6) is 1.31. The summed E-state index contributed by atoms with van der Waals surface area (Å²) in [6, 6.07) is 13.4. The molecule has 22 heavy (non-hydrogen) atoms. The van der Waals surface area contributed by atoms with Crippen molar-refractivity contribution in [2.24, 2.45) is 0 Å². The second-order valence-corrected chi connectivity index (χ2v) is 5.05. The SMILES string of the molecule is COc1ccc(/C=C2/C(=O)N(C)c3ccccc32)cc1OC. The fraction of sp³-hybridized carbons (Fsp3) is 0.167. The smallest absolute Gasteiger partial charge is 0.258 e. The highest BCUT2D eigenvalue weighted by atomic mass is 16.5. The molecule has 4 nitrogen and oxygen atoms in total. The van der Waals surface area contributed by atoms with E-state index in [0.29, 0.717) is 17.1 Å². The van der Waals surface area contributed by atoms with E-state index in [1.54, 1.807) is 26.2 Å². The van der Waals surface area contributed by atoms with E-state index in [0.717, 1.165) is 16.8 Å². The maximum absolute atomic E-state index is 12.4. The molecule has 112 valence electrons. The highest BCUT2D eigenvalue weighted by Crippen LogP contribution is 2.37. The van der Waals surface area contributed by atoms with Crippen LogP contribution in [0.5, 0.6) is 11.5 Å². The molecule has 2 aromatic rings. The standard InChI is InChI=1S/C18H17NO3/c1-19-15-7-5-4-6-13(15)14(18(19)20)10-12-8-9-16(21-2)17(11-12)22-3/h4-11H,1-3H3/b14-10+. The molecule has 1 aliphatic heterocycles. The Kier molecular flexibility index (Phi) is 3.59. The number of carbonyl (C=O) groups is 1. The second kappa shape index (κ2) is 5.56. The summed E-state index contributed by atoms with van der Waals surface area (Å²) in [6.45, 7) is 0. The van der Waals surface area contributed by atoms with Crippen LogP contribution < -0.4 is 14.4 Å². The van der Waals surface area contributed by atoms with Gasteiger partial charge in [0.25, 0.3) is 5.91 Å². The van der Waals surface area contributed by atoms with Crippen molar-refractivity contribution in [1.82, 2.24) is 0 Å². The molecule has 0 saturated carbocycles. The molecule has 0 saturated heterocycles. The van der Waals surface area contributed by atoms with Crippen molar-refractivity contribution in [2.75, 3.05) is 26.2 Å². The number of methoxy groups -OCH3 is 2. The molecular formula is C18H17NO3. The lowest BCUT2D eigenvalue weighted by atomic mass is 10.0. The molecule has 0 atom stereocenters. The van der Waals surface area contributed by atoms with Gasteiger partial charge in [-0.1, -0.05) is 24.3 Å². The van der Waals surface area contributed by atoms with Crippen molar-refractivity contribution in [3.8, 4) is 11.5 Å². The van der Waals surface area contributed by atoms with Crippen molar-refractivity contribution >= 4 is 23.2 Å². The Labute approximate surface area is 129 Å². The van der Waals surface area contributed by atoms with E-state index in [-0.39, 0.29) is 5.91 Å². The number of benzene rings is 2. The number of hydrogen-bond acceptors (Lipinski definition) is 3. The molecule has 2 aromatic carbocycles. The number of likely N-dealkylation sites (N-methyl/N-ethyl adjacent to an activating group) is 1. The van der Waals surface area contributed by atoms with Crippen molar-refractivity contribution in [1.29, 1.82) is 0 Å². The molecule has 3 rings (SSSR count). The van der Waals surface area contributed by atoms with Gasteiger partial charge in [-0.15, -0.1) is 0 Å². The van der Waals surface area contributed by atoms with Crippen LogP contribution in [0.25, 0.3) is 11.6 Å². The average molecular weight is 295 g/mol. The number of amides is 1. The predicted octanol–water partition coefficient (Wildman–Crippen LogP) is 3.22. The molecule has 0 radical (unpaired) electrons. The highest BCUT2D eigenvalue weighted by Gasteiger charge is 2.28. The third-order valence-corrected chi connectivity index (χ3v) is 3.81. The zero-order valence-electron chi connectivity index (χ0n) is 12.8. The molecule has 0 bridgehead atoms. The first-order chi connectivity index (χ1) is 10.7. The number of nitrogens with zero attached hydrogens (tertiary/aromatic N) is 1. The first-order valence-electron chi connectivity index (χ1n) is 6.97. The average Bonchev–Trinajstić information content (AvgIpc) is 2.80. The fourth-order valence-electron chi connectivity index (χ4n) is 2.65. The van der Waals surface area contributed by atoms with E-state index in [1.807, 2.05) is 48.5 Å². The van der Waals surface area contributed by atoms with Crippen LogP contribution in [0.1, 0.15) is 11.1 Å². The molecule has 4 heteroatoms. The van der Waals surface area contributed by atoms with Gasteiger partial charge in [-0.05, 0) is 29.8 Å². The van der Waals surface area contributed by atoms with Gasteiger partial charge in [0.2, 0.25) is 0 Å². The van der Waals surface area contributed by atoms with Crippen LogP contribution in [0.15, 0.2) is 42.5 Å². The van der Waals surface area contributed by atoms with Crippen molar-refractivity contribution in [2.45, 2.75) is 0 Å². The number of ether oxygens (including phenoxy) is 2. The molecule has 0 aliphatic carbocycles. The van der Waals surface area contributed by atoms with Crippen LogP contribution in [-0.4, -0.2) is 27.2 Å². The van der Waals surface area contributed by atoms with Crippen LogP contribution in [0.4, 0.5) is 5.69 Å². The Morgan fingerprint density at radius 1 is 1.00 bits per heavy atom. The zero-order valence-corrected chi connectivity index (χ0v) is 12.8. The van der Waals surface area contributed by atoms with E-state index in [2.05, 4.69) is 0 Å². The van der Waals surface area contributed by atoms with Crippen LogP contribution in [0, 0.1) is 0 Å². The van der Waals surface area contributed by atoms with Gasteiger partial charge in [0.05, 0.1) is 19.9 Å². The normalized spacial score (nSPS) is 15.1. The van der Waals surface area contributed by atoms with E-state index < -0.39 is 0 Å². The van der Waals surface area contributed by atoms with Crippen LogP contribution in [-0.2, 0) is 4.79 Å². The lowest BCUT2D eigenvalue weighted by Crippen LogP contribution is -2.20. The van der Waals surface area contributed by atoms with Crippen molar-refractivity contribution < 1.29 is 14.3 Å². The monoisotopic (exact) mass is 295 g/mol. The number of carbonyl (C=O) groups excluding carboxylic acids is 1. The van der Waals surface area contributed by atoms with Gasteiger partial charge < -0.3 is 14.4 Å². The number of fused-ring (bicyclic) bond motifs is 1. The lowest BCUT2D eigenvalue weighted by Gasteiger charge is -2.08. The van der Waals surface area contributed by atoms with Gasteiger partial charge in [0, 0.05) is 18.2 Å². The molecule has 0 spiro atoms. The lowest BCUT2D eigenvalue weighted by molar-refractivity contribution is -0.112. The van der Waals surface area contributed by atoms with E-state index >= 15 is 0 Å². The Hall–Kier alpha value is -2.75. The summed E-state index contributed by atoms with van der Waals surface area (Å²) in [7, 11) is 4.98. The van der Waals surface area contributed by atoms with Gasteiger partial charge in [0.1, 0.15) is 0 Å². The Balaban J connectivity index is 2.08. The van der Waals surface area contributed by atoms with Gasteiger partial charge in [-0.25, -0.2) is 0 Å². The number of anilines is 1. The van der Waals surface area contributed by atoms with Gasteiger partial charge in [-0.3, -0.25) is 4.79 Å². The second-order valence-electron chi connectivity index (χ2n) is 5.05. The van der Waals surface area contributed by atoms with E-state index in [4.69, 9.17) is 9.47 Å². The first kappa shape index (κ1) is 14.2. The van der Waals surface area contributed by atoms with Gasteiger partial charge in [0.15, 0.2) is 11.5 Å². The topological polar surface area (TPSA) is 38.8 Å². The Morgan fingerprint density at radius 3 is 2.45 bits per heavy atom. The van der Waals surface area contributed by atoms with Crippen molar-refractivity contribution in [3.63, 3.8) is 0 Å². The van der Waals surface area contributed by atoms with Crippen molar-refractivity contribution in [3.05, 3.63) is 53.6 Å². The minimum Gasteiger partial charge on any atom is -0.493 e. The predicted molar refractivity (Wildman–Crippen MR) is 87.3 cm³/mol. The molecular weight excluding hydrogens is 278 g/mol. The number of rotatable bonds is 3. The third kappa shape index (κ3) is 2.22. The summed E-state index contributed by atoms with van der Waals surface area (Å²) < 4.78 is 10.5. The molecule has 0 N–H and O–H groups in total. The van der Waals surface area contributed by atoms with E-state index in [9.17, 15) is 4.79 Å². The summed E-state index contributed by atoms with van der Waals surface area (Å²) in [5, 5.41) is 0. The first-order valence-corrected chi connectivity index (χ1v) is 6.97. The summed E-state index contributed by atoms with van der Waals surface area (Å²) in [5.41, 5.74) is 3.46. The quantitative estimate of drug-likeness (QED) is 0.816. The maximum atomic E-state index is 12.4. The fourth-order valence-corrected chi connectivity index (χ4v) is 2.65. The third-order valence-electron chi connectivity index (χ3n) is 3.81. The molecule has 0 aromatic heterocycles. The summed E-state index contributed by atoms with van der Waals surface area (Å²) in [4.78, 5) is 14.1. The number of hydrogen-bond donors (Lipinski definition) is 0. The van der Waals surface area contributed by atoms with Crippen LogP contribution >= 0.6 is 0 Å². The minimum absolute atomic E-state index is 0.00372. The minimum atomic E-state index is -0.00372. The molecule has 1 heterocycles. The molecule has 0 unspecified atom stereocenters. The molecule has 1 aliphatic rings. The van der Waals surface area contributed by atoms with Crippen LogP contribution in [0.2, 0.25) is 0 Å². The van der Waals surface area contributed by atoms with E-state index in [1.165, 1.54) is 0 Å². The maximum Gasteiger partial charge on any atom is 0.258 e. The Morgan fingerprint density at radius 2 is 1.73 bits per heavy atom. The highest BCUT2D eigenvalue weighted by molar-refractivity contribution is 6.35.